The molecule has 1 heterocycles. The lowest BCUT2D eigenvalue weighted by Crippen LogP contribution is -2.53. The van der Waals surface area contributed by atoms with E-state index in [1.54, 1.807) is 20.8 Å². The Balaban J connectivity index is 1.92. The van der Waals surface area contributed by atoms with Crippen LogP contribution < -0.4 is 9.47 Å². The number of amides is 1. The minimum atomic E-state index is -4.83. The fraction of sp³-hybridized carbons (Fsp3) is 0.500. The average molecular weight is 371 g/mol. The second-order valence-electron chi connectivity index (χ2n) is 6.92. The summed E-state index contributed by atoms with van der Waals surface area (Å²) in [6.07, 6.45) is 0.00427. The molecule has 26 heavy (non-hydrogen) atoms. The van der Waals surface area contributed by atoms with Gasteiger partial charge in [0.1, 0.15) is 5.60 Å². The fourth-order valence-electron chi connectivity index (χ4n) is 2.28. The lowest BCUT2D eigenvalue weighted by molar-refractivity contribution is -0.275. The molecule has 0 saturated carbocycles. The van der Waals surface area contributed by atoms with Crippen LogP contribution in [0.5, 0.6) is 11.5 Å². The standard InChI is InChI=1S/C18H20F3NO4/c1-5-12-6-7-14(25-18(19,20)21)15(8-12)24-11-13-9-22(10-13)16(23)26-17(2,3)4/h1,6-8,13H,9-11H2,2-4H3. The molecule has 1 fully saturated rings. The number of ether oxygens (including phenoxy) is 3. The smallest absolute Gasteiger partial charge is 0.489 e. The largest absolute Gasteiger partial charge is 0.573 e. The molecule has 1 aromatic rings. The van der Waals surface area contributed by atoms with E-state index >= 15 is 0 Å². The van der Waals surface area contributed by atoms with Crippen LogP contribution >= 0.6 is 0 Å². The molecule has 5 nitrogen and oxygen atoms in total. The number of carbonyl (C=O) groups is 1. The average Bonchev–Trinajstić information content (AvgIpc) is 2.43. The molecular weight excluding hydrogens is 351 g/mol. The van der Waals surface area contributed by atoms with Gasteiger partial charge in [0.25, 0.3) is 0 Å². The van der Waals surface area contributed by atoms with Gasteiger partial charge in [-0.15, -0.1) is 19.6 Å². The van der Waals surface area contributed by atoms with Crippen molar-refractivity contribution in [2.45, 2.75) is 32.7 Å². The summed E-state index contributed by atoms with van der Waals surface area (Å²) >= 11 is 0. The van der Waals surface area contributed by atoms with Crippen molar-refractivity contribution in [2.24, 2.45) is 5.92 Å². The number of halogens is 3. The maximum atomic E-state index is 12.5. The van der Waals surface area contributed by atoms with E-state index in [1.165, 1.54) is 17.0 Å². The van der Waals surface area contributed by atoms with Crippen LogP contribution in [0.2, 0.25) is 0 Å². The molecule has 1 amide bonds. The molecule has 1 aliphatic heterocycles. The zero-order valence-corrected chi connectivity index (χ0v) is 14.7. The molecule has 1 aromatic carbocycles. The van der Waals surface area contributed by atoms with Gasteiger partial charge in [-0.2, -0.15) is 0 Å². The number of likely N-dealkylation sites (tertiary alicyclic amines) is 1. The summed E-state index contributed by atoms with van der Waals surface area (Å²) in [5, 5.41) is 0. The lowest BCUT2D eigenvalue weighted by Gasteiger charge is -2.39. The second kappa shape index (κ2) is 7.36. The van der Waals surface area contributed by atoms with Gasteiger partial charge in [0, 0.05) is 24.6 Å². The van der Waals surface area contributed by atoms with Gasteiger partial charge in [0.2, 0.25) is 0 Å². The van der Waals surface area contributed by atoms with Crippen molar-refractivity contribution < 1.29 is 32.2 Å². The number of hydrogen-bond acceptors (Lipinski definition) is 4. The molecule has 0 aliphatic carbocycles. The van der Waals surface area contributed by atoms with Crippen LogP contribution in [0, 0.1) is 18.3 Å². The molecule has 8 heteroatoms. The summed E-state index contributed by atoms with van der Waals surface area (Å²) in [5.74, 6) is 1.76. The van der Waals surface area contributed by atoms with E-state index in [1.807, 2.05) is 0 Å². The van der Waals surface area contributed by atoms with Gasteiger partial charge in [-0.05, 0) is 39.0 Å². The first kappa shape index (κ1) is 19.8. The lowest BCUT2D eigenvalue weighted by atomic mass is 10.0. The Morgan fingerprint density at radius 2 is 1.92 bits per heavy atom. The van der Waals surface area contributed by atoms with Crippen LogP contribution in [-0.2, 0) is 4.74 Å². The maximum Gasteiger partial charge on any atom is 0.573 e. The highest BCUT2D eigenvalue weighted by molar-refractivity contribution is 5.69. The number of terminal acetylenes is 1. The number of alkyl halides is 3. The van der Waals surface area contributed by atoms with E-state index in [4.69, 9.17) is 15.9 Å². The third-order valence-electron chi connectivity index (χ3n) is 3.42. The van der Waals surface area contributed by atoms with Crippen LogP contribution in [0.15, 0.2) is 18.2 Å². The molecule has 0 N–H and O–H groups in total. The Hall–Kier alpha value is -2.56. The minimum absolute atomic E-state index is 0.0178. The Morgan fingerprint density at radius 1 is 1.27 bits per heavy atom. The summed E-state index contributed by atoms with van der Waals surface area (Å²) in [5.41, 5.74) is -0.212. The van der Waals surface area contributed by atoms with Gasteiger partial charge >= 0.3 is 12.5 Å². The number of benzene rings is 1. The fourth-order valence-corrected chi connectivity index (χ4v) is 2.28. The summed E-state index contributed by atoms with van der Waals surface area (Å²) in [6, 6.07) is 3.76. The molecule has 1 aliphatic rings. The monoisotopic (exact) mass is 371 g/mol. The quantitative estimate of drug-likeness (QED) is 0.755. The number of hydrogen-bond donors (Lipinski definition) is 0. The molecule has 0 atom stereocenters. The van der Waals surface area contributed by atoms with E-state index in [9.17, 15) is 18.0 Å². The van der Waals surface area contributed by atoms with Crippen LogP contribution in [0.3, 0.4) is 0 Å². The molecule has 142 valence electrons. The normalized spacial score (nSPS) is 15.0. The molecule has 0 radical (unpaired) electrons. The van der Waals surface area contributed by atoms with E-state index in [0.717, 1.165) is 6.07 Å². The van der Waals surface area contributed by atoms with E-state index in [-0.39, 0.29) is 18.3 Å². The van der Waals surface area contributed by atoms with Gasteiger partial charge in [-0.25, -0.2) is 4.79 Å². The third-order valence-corrected chi connectivity index (χ3v) is 3.42. The number of nitrogens with zero attached hydrogens (tertiary/aromatic N) is 1. The van der Waals surface area contributed by atoms with Crippen LogP contribution in [0.1, 0.15) is 26.3 Å². The molecule has 0 aromatic heterocycles. The molecule has 0 bridgehead atoms. The van der Waals surface area contributed by atoms with Gasteiger partial charge in [0.05, 0.1) is 6.61 Å². The van der Waals surface area contributed by atoms with Gasteiger partial charge in [0.15, 0.2) is 11.5 Å². The minimum Gasteiger partial charge on any atom is -0.489 e. The van der Waals surface area contributed by atoms with Crippen LogP contribution in [-0.4, -0.2) is 42.7 Å². The van der Waals surface area contributed by atoms with Crippen molar-refractivity contribution in [3.63, 3.8) is 0 Å². The van der Waals surface area contributed by atoms with E-state index in [2.05, 4.69) is 10.7 Å². The maximum absolute atomic E-state index is 12.5. The van der Waals surface area contributed by atoms with Crippen molar-refractivity contribution in [1.29, 1.82) is 0 Å². The highest BCUT2D eigenvalue weighted by Crippen LogP contribution is 2.33. The van der Waals surface area contributed by atoms with E-state index < -0.39 is 23.8 Å². The predicted octanol–water partition coefficient (Wildman–Crippen LogP) is 3.81. The molecule has 1 saturated heterocycles. The third kappa shape index (κ3) is 5.76. The highest BCUT2D eigenvalue weighted by Gasteiger charge is 2.35. The molecule has 0 unspecified atom stereocenters. The Labute approximate surface area is 150 Å². The first-order chi connectivity index (χ1) is 12.0. The van der Waals surface area contributed by atoms with Crippen molar-refractivity contribution in [3.8, 4) is 23.8 Å². The summed E-state index contributed by atoms with van der Waals surface area (Å²) < 4.78 is 52.1. The predicted molar refractivity (Wildman–Crippen MR) is 87.9 cm³/mol. The summed E-state index contributed by atoms with van der Waals surface area (Å²) in [7, 11) is 0. The van der Waals surface area contributed by atoms with Gasteiger partial charge in [-0.3, -0.25) is 0 Å². The van der Waals surface area contributed by atoms with Crippen molar-refractivity contribution in [3.05, 3.63) is 23.8 Å². The Kier molecular flexibility index (Phi) is 5.59. The second-order valence-corrected chi connectivity index (χ2v) is 6.92. The van der Waals surface area contributed by atoms with Crippen LogP contribution in [0.25, 0.3) is 0 Å². The SMILES string of the molecule is C#Cc1ccc(OC(F)(F)F)c(OCC2CN(C(=O)OC(C)(C)C)C2)c1. The van der Waals surface area contributed by atoms with Crippen molar-refractivity contribution >= 4 is 6.09 Å². The first-order valence-electron chi connectivity index (χ1n) is 7.94. The number of rotatable bonds is 4. The highest BCUT2D eigenvalue weighted by atomic mass is 19.4. The molecule has 2 rings (SSSR count). The molecular formula is C18H20F3NO4. The summed E-state index contributed by atoms with van der Waals surface area (Å²) in [6.45, 7) is 6.24. The van der Waals surface area contributed by atoms with Crippen LogP contribution in [0.4, 0.5) is 18.0 Å². The Morgan fingerprint density at radius 3 is 2.46 bits per heavy atom. The summed E-state index contributed by atoms with van der Waals surface area (Å²) in [4.78, 5) is 13.4. The molecule has 0 spiro atoms. The van der Waals surface area contributed by atoms with Gasteiger partial charge < -0.3 is 19.1 Å². The zero-order chi connectivity index (χ0) is 19.5. The van der Waals surface area contributed by atoms with Gasteiger partial charge in [-0.1, -0.05) is 5.92 Å². The van der Waals surface area contributed by atoms with Crippen molar-refractivity contribution in [1.82, 2.24) is 4.90 Å². The first-order valence-corrected chi connectivity index (χ1v) is 7.94. The van der Waals surface area contributed by atoms with E-state index in [0.29, 0.717) is 18.7 Å². The van der Waals surface area contributed by atoms with Crippen molar-refractivity contribution in [2.75, 3.05) is 19.7 Å². The number of carbonyl (C=O) groups excluding carboxylic acids is 1. The topological polar surface area (TPSA) is 48.0 Å². The zero-order valence-electron chi connectivity index (χ0n) is 14.7. The Bertz CT molecular complexity index is 698.